The van der Waals surface area contributed by atoms with Crippen LogP contribution < -0.4 is 10.1 Å². The molecule has 182 valence electrons. The van der Waals surface area contributed by atoms with E-state index in [1.54, 1.807) is 30.3 Å². The van der Waals surface area contributed by atoms with E-state index < -0.39 is 16.8 Å². The summed E-state index contributed by atoms with van der Waals surface area (Å²) in [5.74, 6) is -0.945. The number of anilines is 1. The van der Waals surface area contributed by atoms with E-state index in [1.807, 2.05) is 36.4 Å². The molecule has 0 radical (unpaired) electrons. The quantitative estimate of drug-likeness (QED) is 0.0616. The number of rotatable bonds is 6. The predicted octanol–water partition coefficient (Wildman–Crippen LogP) is 7.04. The van der Waals surface area contributed by atoms with Crippen LogP contribution in [0.3, 0.4) is 0 Å². The third-order valence-corrected chi connectivity index (χ3v) is 6.53. The number of amides is 1. The lowest BCUT2D eigenvalue weighted by Gasteiger charge is -2.10. The average molecular weight is 621 g/mol. The van der Waals surface area contributed by atoms with Gasteiger partial charge in [0.15, 0.2) is 0 Å². The summed E-state index contributed by atoms with van der Waals surface area (Å²) < 4.78 is 6.34. The van der Waals surface area contributed by atoms with Crippen molar-refractivity contribution < 1.29 is 19.2 Å². The number of nitriles is 1. The average Bonchev–Trinajstić information content (AvgIpc) is 2.89. The van der Waals surface area contributed by atoms with Crippen molar-refractivity contribution in [2.45, 2.75) is 0 Å². The minimum atomic E-state index is -0.695. The Hall–Kier alpha value is -4.33. The summed E-state index contributed by atoms with van der Waals surface area (Å²) in [5.41, 5.74) is 0.861. The number of nitro groups is 1. The number of esters is 1. The zero-order chi connectivity index (χ0) is 26.5. The third kappa shape index (κ3) is 5.91. The van der Waals surface area contributed by atoms with E-state index in [2.05, 4.69) is 37.2 Å². The molecular weight excluding hydrogens is 606 g/mol. The van der Waals surface area contributed by atoms with Crippen molar-refractivity contribution in [3.05, 3.63) is 115 Å². The number of non-ortho nitro benzene ring substituents is 1. The maximum absolute atomic E-state index is 12.8. The maximum atomic E-state index is 12.8. The van der Waals surface area contributed by atoms with Crippen molar-refractivity contribution in [1.82, 2.24) is 0 Å². The van der Waals surface area contributed by atoms with Crippen LogP contribution in [-0.2, 0) is 4.79 Å². The van der Waals surface area contributed by atoms with Gasteiger partial charge in [-0.2, -0.15) is 5.26 Å². The normalized spacial score (nSPS) is 11.0. The molecule has 0 spiro atoms. The Morgan fingerprint density at radius 1 is 0.973 bits per heavy atom. The van der Waals surface area contributed by atoms with Crippen molar-refractivity contribution in [3.8, 4) is 11.8 Å². The first kappa shape index (κ1) is 25.8. The van der Waals surface area contributed by atoms with Crippen LogP contribution in [0.4, 0.5) is 11.4 Å². The number of carbonyl (C=O) groups is 2. The summed E-state index contributed by atoms with van der Waals surface area (Å²) in [7, 11) is 0. The fourth-order valence-electron chi connectivity index (χ4n) is 3.47. The van der Waals surface area contributed by atoms with Crippen LogP contribution in [0.2, 0.25) is 0 Å². The monoisotopic (exact) mass is 619 g/mol. The largest absolute Gasteiger partial charge is 0.422 e. The topological polar surface area (TPSA) is 122 Å². The van der Waals surface area contributed by atoms with Crippen molar-refractivity contribution >= 4 is 72.0 Å². The Kier molecular flexibility index (Phi) is 7.77. The molecule has 1 N–H and O–H groups in total. The van der Waals surface area contributed by atoms with Crippen LogP contribution in [-0.4, -0.2) is 16.8 Å². The van der Waals surface area contributed by atoms with Gasteiger partial charge in [-0.3, -0.25) is 14.9 Å². The molecule has 4 aromatic rings. The summed E-state index contributed by atoms with van der Waals surface area (Å²) >= 11 is 6.56. The first-order chi connectivity index (χ1) is 17.8. The SMILES string of the molecule is N#C/C(=C\c1ccc(OC(=O)c2cccc3ccccc23)c(Br)c1)C(=O)Nc1ccc([N+](=O)[O-])cc1Br. The van der Waals surface area contributed by atoms with E-state index in [4.69, 9.17) is 4.74 Å². The van der Waals surface area contributed by atoms with Gasteiger partial charge in [-0.05, 0) is 78.5 Å². The van der Waals surface area contributed by atoms with Gasteiger partial charge in [-0.15, -0.1) is 0 Å². The smallest absolute Gasteiger partial charge is 0.344 e. The molecule has 0 aliphatic heterocycles. The van der Waals surface area contributed by atoms with Crippen molar-refractivity contribution in [3.63, 3.8) is 0 Å². The van der Waals surface area contributed by atoms with Gasteiger partial charge in [-0.25, -0.2) is 4.79 Å². The van der Waals surface area contributed by atoms with Crippen LogP contribution in [0.1, 0.15) is 15.9 Å². The second-order valence-corrected chi connectivity index (χ2v) is 9.36. The Bertz CT molecular complexity index is 1640. The molecule has 0 saturated heterocycles. The zero-order valence-electron chi connectivity index (χ0n) is 18.8. The molecule has 0 saturated carbocycles. The molecule has 37 heavy (non-hydrogen) atoms. The number of benzene rings is 4. The van der Waals surface area contributed by atoms with Crippen LogP contribution in [0.25, 0.3) is 16.8 Å². The number of fused-ring (bicyclic) bond motifs is 1. The minimum absolute atomic E-state index is 0.146. The zero-order valence-corrected chi connectivity index (χ0v) is 21.9. The second kappa shape index (κ2) is 11.2. The number of carbonyl (C=O) groups excluding carboxylic acids is 2. The standard InChI is InChI=1S/C27H15Br2N3O5/c28-22-14-19(32(35)36)9-10-24(22)31-26(33)18(15-30)12-16-8-11-25(23(29)13-16)37-27(34)21-7-3-5-17-4-1-2-6-20(17)21/h1-14H,(H,31,33)/b18-12+. The van der Waals surface area contributed by atoms with Crippen molar-refractivity contribution in [2.75, 3.05) is 5.32 Å². The molecule has 0 unspecified atom stereocenters. The molecule has 0 aliphatic carbocycles. The number of hydrogen-bond donors (Lipinski definition) is 1. The molecule has 0 fully saturated rings. The summed E-state index contributed by atoms with van der Waals surface area (Å²) in [6, 6.07) is 23.3. The van der Waals surface area contributed by atoms with E-state index in [0.29, 0.717) is 20.1 Å². The highest BCUT2D eigenvalue weighted by atomic mass is 79.9. The highest BCUT2D eigenvalue weighted by Crippen LogP contribution is 2.30. The van der Waals surface area contributed by atoms with E-state index in [1.165, 1.54) is 24.3 Å². The van der Waals surface area contributed by atoms with Crippen LogP contribution in [0.15, 0.2) is 93.4 Å². The minimum Gasteiger partial charge on any atom is -0.422 e. The molecule has 0 aliphatic rings. The van der Waals surface area contributed by atoms with Gasteiger partial charge in [0.25, 0.3) is 11.6 Å². The van der Waals surface area contributed by atoms with Crippen molar-refractivity contribution in [2.24, 2.45) is 0 Å². The molecule has 0 bridgehead atoms. The van der Waals surface area contributed by atoms with Gasteiger partial charge in [0.2, 0.25) is 0 Å². The van der Waals surface area contributed by atoms with Crippen LogP contribution in [0.5, 0.6) is 5.75 Å². The Morgan fingerprint density at radius 3 is 2.43 bits per heavy atom. The molecule has 4 rings (SSSR count). The molecule has 0 atom stereocenters. The highest BCUT2D eigenvalue weighted by Gasteiger charge is 2.16. The fraction of sp³-hybridized carbons (Fsp3) is 0. The number of halogens is 2. The number of nitro benzene ring substituents is 1. The summed E-state index contributed by atoms with van der Waals surface area (Å²) in [6.45, 7) is 0. The van der Waals surface area contributed by atoms with Gasteiger partial charge in [0.1, 0.15) is 17.4 Å². The molecule has 1 amide bonds. The van der Waals surface area contributed by atoms with E-state index in [-0.39, 0.29) is 22.7 Å². The Balaban J connectivity index is 1.52. The van der Waals surface area contributed by atoms with Gasteiger partial charge in [-0.1, -0.05) is 42.5 Å². The van der Waals surface area contributed by atoms with Crippen LogP contribution >= 0.6 is 31.9 Å². The van der Waals surface area contributed by atoms with Gasteiger partial charge in [0, 0.05) is 16.6 Å². The summed E-state index contributed by atoms with van der Waals surface area (Å²) in [4.78, 5) is 35.8. The number of nitrogens with zero attached hydrogens (tertiary/aromatic N) is 2. The fourth-order valence-corrected chi connectivity index (χ4v) is 4.42. The molecule has 4 aromatic carbocycles. The number of ether oxygens (including phenoxy) is 1. The van der Waals surface area contributed by atoms with E-state index >= 15 is 0 Å². The maximum Gasteiger partial charge on any atom is 0.344 e. The van der Waals surface area contributed by atoms with Gasteiger partial charge < -0.3 is 10.1 Å². The molecule has 8 nitrogen and oxygen atoms in total. The Morgan fingerprint density at radius 2 is 1.73 bits per heavy atom. The molecule has 0 aromatic heterocycles. The first-order valence-corrected chi connectivity index (χ1v) is 12.2. The van der Waals surface area contributed by atoms with Gasteiger partial charge >= 0.3 is 5.97 Å². The Labute approximate surface area is 227 Å². The number of nitrogens with one attached hydrogen (secondary N) is 1. The molecule has 0 heterocycles. The van der Waals surface area contributed by atoms with E-state index in [9.17, 15) is 25.0 Å². The van der Waals surface area contributed by atoms with Gasteiger partial charge in [0.05, 0.1) is 20.6 Å². The summed E-state index contributed by atoms with van der Waals surface area (Å²) in [5, 5.41) is 24.7. The predicted molar refractivity (Wildman–Crippen MR) is 146 cm³/mol. The second-order valence-electron chi connectivity index (χ2n) is 7.65. The van der Waals surface area contributed by atoms with Crippen LogP contribution in [0, 0.1) is 21.4 Å². The van der Waals surface area contributed by atoms with E-state index in [0.717, 1.165) is 10.8 Å². The highest BCUT2D eigenvalue weighted by molar-refractivity contribution is 9.11. The molecule has 10 heteroatoms. The lowest BCUT2D eigenvalue weighted by molar-refractivity contribution is -0.384. The lowest BCUT2D eigenvalue weighted by Crippen LogP contribution is -2.14. The number of hydrogen-bond acceptors (Lipinski definition) is 6. The third-order valence-electron chi connectivity index (χ3n) is 5.26. The first-order valence-electron chi connectivity index (χ1n) is 10.6. The summed E-state index contributed by atoms with van der Waals surface area (Å²) in [6.07, 6.45) is 1.37. The van der Waals surface area contributed by atoms with Crippen molar-refractivity contribution in [1.29, 1.82) is 5.26 Å². The molecular formula is C27H15Br2N3O5. The lowest BCUT2D eigenvalue weighted by atomic mass is 10.0.